The van der Waals surface area contributed by atoms with E-state index in [1.54, 1.807) is 13.1 Å². The molecule has 1 aromatic heterocycles. The lowest BCUT2D eigenvalue weighted by Crippen LogP contribution is -2.22. The Balaban J connectivity index is 3.27. The van der Waals surface area contributed by atoms with Crippen LogP contribution in [-0.4, -0.2) is 4.57 Å². The van der Waals surface area contributed by atoms with E-state index in [4.69, 9.17) is 17.3 Å². The van der Waals surface area contributed by atoms with Gasteiger partial charge in [-0.15, -0.1) is 0 Å². The number of nitrogen functional groups attached to an aromatic ring is 1. The summed E-state index contributed by atoms with van der Waals surface area (Å²) >= 11 is 8.77. The SMILES string of the molecule is C/C(=C/Cl)Cn1cc(N)c(C)c(Br)c1=O. The first kappa shape index (κ1) is 12.3. The van der Waals surface area contributed by atoms with Crippen molar-refractivity contribution in [2.75, 3.05) is 5.73 Å². The van der Waals surface area contributed by atoms with Crippen LogP contribution in [0.4, 0.5) is 5.69 Å². The number of nitrogens with two attached hydrogens (primary N) is 1. The molecule has 2 N–H and O–H groups in total. The summed E-state index contributed by atoms with van der Waals surface area (Å²) in [5.74, 6) is 0. The topological polar surface area (TPSA) is 48.0 Å². The molecule has 0 unspecified atom stereocenters. The van der Waals surface area contributed by atoms with Gasteiger partial charge in [0, 0.05) is 18.3 Å². The quantitative estimate of drug-likeness (QED) is 0.910. The smallest absolute Gasteiger partial charge is 0.265 e. The van der Waals surface area contributed by atoms with Crippen LogP contribution in [0.2, 0.25) is 0 Å². The zero-order valence-corrected chi connectivity index (χ0v) is 10.9. The van der Waals surface area contributed by atoms with E-state index in [0.717, 1.165) is 11.1 Å². The number of halogens is 2. The number of rotatable bonds is 2. The predicted octanol–water partition coefficient (Wildman–Crippen LogP) is 2.64. The number of hydrogen-bond donors (Lipinski definition) is 1. The minimum atomic E-state index is -0.0976. The first-order valence-electron chi connectivity index (χ1n) is 4.38. The van der Waals surface area contributed by atoms with Crippen LogP contribution in [0.1, 0.15) is 12.5 Å². The standard InChI is InChI=1S/C10H12BrClN2O/c1-6(3-12)4-14-5-8(13)7(2)9(11)10(14)15/h3,5H,4,13H2,1-2H3/b6-3-. The van der Waals surface area contributed by atoms with Gasteiger partial charge in [-0.1, -0.05) is 11.6 Å². The molecule has 82 valence electrons. The summed E-state index contributed by atoms with van der Waals surface area (Å²) in [5, 5.41) is 0. The van der Waals surface area contributed by atoms with Crippen molar-refractivity contribution in [3.8, 4) is 0 Å². The van der Waals surface area contributed by atoms with E-state index in [2.05, 4.69) is 15.9 Å². The molecule has 0 aliphatic rings. The second-order valence-corrected chi connectivity index (χ2v) is 4.42. The molecule has 0 fully saturated rings. The van der Waals surface area contributed by atoms with Crippen LogP contribution in [0.3, 0.4) is 0 Å². The minimum Gasteiger partial charge on any atom is -0.397 e. The van der Waals surface area contributed by atoms with Gasteiger partial charge in [0.15, 0.2) is 0 Å². The summed E-state index contributed by atoms with van der Waals surface area (Å²) in [6.07, 6.45) is 1.63. The third-order valence-electron chi connectivity index (χ3n) is 2.11. The molecule has 1 heterocycles. The van der Waals surface area contributed by atoms with Gasteiger partial charge in [-0.25, -0.2) is 0 Å². The van der Waals surface area contributed by atoms with Gasteiger partial charge in [0.05, 0.1) is 10.2 Å². The fraction of sp³-hybridized carbons (Fsp3) is 0.300. The number of hydrogen-bond acceptors (Lipinski definition) is 2. The van der Waals surface area contributed by atoms with Crippen LogP contribution in [-0.2, 0) is 6.54 Å². The van der Waals surface area contributed by atoms with Gasteiger partial charge in [-0.2, -0.15) is 0 Å². The molecule has 0 radical (unpaired) electrons. The van der Waals surface area contributed by atoms with E-state index in [1.807, 2.05) is 6.92 Å². The highest BCUT2D eigenvalue weighted by Gasteiger charge is 2.08. The Bertz CT molecular complexity index is 465. The van der Waals surface area contributed by atoms with E-state index in [9.17, 15) is 4.79 Å². The number of allylic oxidation sites excluding steroid dienone is 1. The molecule has 5 heteroatoms. The summed E-state index contributed by atoms with van der Waals surface area (Å²) in [5.41, 5.74) is 9.37. The number of anilines is 1. The second-order valence-electron chi connectivity index (χ2n) is 3.41. The Morgan fingerprint density at radius 2 is 2.33 bits per heavy atom. The van der Waals surface area contributed by atoms with E-state index in [0.29, 0.717) is 16.7 Å². The summed E-state index contributed by atoms with van der Waals surface area (Å²) in [6.45, 7) is 4.10. The number of pyridine rings is 1. The van der Waals surface area contributed by atoms with Gasteiger partial charge in [-0.3, -0.25) is 4.79 Å². The van der Waals surface area contributed by atoms with Crippen molar-refractivity contribution in [3.05, 3.63) is 37.7 Å². The molecule has 0 aromatic carbocycles. The molecule has 3 nitrogen and oxygen atoms in total. The average Bonchev–Trinajstić information content (AvgIpc) is 2.22. The number of aromatic nitrogens is 1. The largest absolute Gasteiger partial charge is 0.397 e. The molecule has 0 aliphatic carbocycles. The maximum Gasteiger partial charge on any atom is 0.265 e. The summed E-state index contributed by atoms with van der Waals surface area (Å²) in [4.78, 5) is 11.8. The molecule has 1 aromatic rings. The van der Waals surface area contributed by atoms with Crippen molar-refractivity contribution < 1.29 is 0 Å². The lowest BCUT2D eigenvalue weighted by Gasteiger charge is -2.10. The van der Waals surface area contributed by atoms with E-state index >= 15 is 0 Å². The Kier molecular flexibility index (Phi) is 3.99. The Morgan fingerprint density at radius 3 is 2.87 bits per heavy atom. The summed E-state index contributed by atoms with van der Waals surface area (Å²) in [7, 11) is 0. The molecule has 0 atom stereocenters. The fourth-order valence-electron chi connectivity index (χ4n) is 1.16. The molecule has 0 aliphatic heterocycles. The fourth-order valence-corrected chi connectivity index (χ4v) is 1.68. The molecule has 1 rings (SSSR count). The molecular formula is C10H12BrClN2O. The zero-order chi connectivity index (χ0) is 11.6. The monoisotopic (exact) mass is 290 g/mol. The van der Waals surface area contributed by atoms with Crippen LogP contribution in [0, 0.1) is 6.92 Å². The van der Waals surface area contributed by atoms with Crippen LogP contribution in [0.5, 0.6) is 0 Å². The molecule has 0 spiro atoms. The lowest BCUT2D eigenvalue weighted by molar-refractivity contribution is 0.743. The van der Waals surface area contributed by atoms with Crippen molar-refractivity contribution in [2.24, 2.45) is 0 Å². The van der Waals surface area contributed by atoms with Crippen molar-refractivity contribution in [2.45, 2.75) is 20.4 Å². The predicted molar refractivity (Wildman–Crippen MR) is 67.2 cm³/mol. The second kappa shape index (κ2) is 4.86. The van der Waals surface area contributed by atoms with Crippen molar-refractivity contribution in [1.29, 1.82) is 0 Å². The molecule has 15 heavy (non-hydrogen) atoms. The molecule has 0 bridgehead atoms. The third kappa shape index (κ3) is 2.63. The average molecular weight is 292 g/mol. The van der Waals surface area contributed by atoms with E-state index in [1.165, 1.54) is 10.1 Å². The highest BCUT2D eigenvalue weighted by Crippen LogP contribution is 2.17. The summed E-state index contributed by atoms with van der Waals surface area (Å²) < 4.78 is 2.03. The highest BCUT2D eigenvalue weighted by atomic mass is 79.9. The normalized spacial score (nSPS) is 11.9. The minimum absolute atomic E-state index is 0.0976. The third-order valence-corrected chi connectivity index (χ3v) is 3.42. The first-order chi connectivity index (χ1) is 6.97. The molecular weight excluding hydrogens is 279 g/mol. The first-order valence-corrected chi connectivity index (χ1v) is 5.61. The molecule has 0 saturated heterocycles. The molecule has 0 saturated carbocycles. The van der Waals surface area contributed by atoms with Gasteiger partial charge >= 0.3 is 0 Å². The van der Waals surface area contributed by atoms with E-state index < -0.39 is 0 Å². The van der Waals surface area contributed by atoms with Crippen molar-refractivity contribution in [3.63, 3.8) is 0 Å². The van der Waals surface area contributed by atoms with Gasteiger partial charge in [0.25, 0.3) is 5.56 Å². The maximum absolute atomic E-state index is 11.8. The Hall–Kier alpha value is -0.740. The number of nitrogens with zero attached hydrogens (tertiary/aromatic N) is 1. The van der Waals surface area contributed by atoms with Crippen LogP contribution in [0.15, 0.2) is 26.6 Å². The van der Waals surface area contributed by atoms with Crippen molar-refractivity contribution in [1.82, 2.24) is 4.57 Å². The maximum atomic E-state index is 11.8. The summed E-state index contributed by atoms with van der Waals surface area (Å²) in [6, 6.07) is 0. The Labute approximate surface area is 102 Å². The lowest BCUT2D eigenvalue weighted by atomic mass is 10.2. The van der Waals surface area contributed by atoms with Gasteiger partial charge < -0.3 is 10.3 Å². The van der Waals surface area contributed by atoms with Gasteiger partial charge in [0.1, 0.15) is 0 Å². The van der Waals surface area contributed by atoms with Crippen LogP contribution < -0.4 is 11.3 Å². The van der Waals surface area contributed by atoms with Crippen LogP contribution in [0.25, 0.3) is 0 Å². The van der Waals surface area contributed by atoms with Crippen LogP contribution >= 0.6 is 27.5 Å². The van der Waals surface area contributed by atoms with Gasteiger partial charge in [0.2, 0.25) is 0 Å². The van der Waals surface area contributed by atoms with Gasteiger partial charge in [-0.05, 0) is 40.9 Å². The van der Waals surface area contributed by atoms with Crippen molar-refractivity contribution >= 4 is 33.2 Å². The van der Waals surface area contributed by atoms with E-state index in [-0.39, 0.29) is 5.56 Å². The Morgan fingerprint density at radius 1 is 1.73 bits per heavy atom. The zero-order valence-electron chi connectivity index (χ0n) is 8.55. The molecule has 0 amide bonds. The highest BCUT2D eigenvalue weighted by molar-refractivity contribution is 9.10.